The van der Waals surface area contributed by atoms with Crippen molar-refractivity contribution in [3.63, 3.8) is 0 Å². The highest BCUT2D eigenvalue weighted by molar-refractivity contribution is 7.89. The van der Waals surface area contributed by atoms with Crippen LogP contribution in [0.15, 0.2) is 23.1 Å². The molecule has 0 radical (unpaired) electrons. The zero-order chi connectivity index (χ0) is 21.0. The Bertz CT molecular complexity index is 867. The van der Waals surface area contributed by atoms with E-state index < -0.39 is 20.6 Å². The van der Waals surface area contributed by atoms with Crippen LogP contribution in [0.1, 0.15) is 45.4 Å². The Kier molecular flexibility index (Phi) is 6.74. The molecule has 160 valence electrons. The molecule has 0 aliphatic carbocycles. The predicted molar refractivity (Wildman–Crippen MR) is 106 cm³/mol. The van der Waals surface area contributed by atoms with Crippen molar-refractivity contribution in [3.05, 3.63) is 28.3 Å². The van der Waals surface area contributed by atoms with Crippen LogP contribution in [0.25, 0.3) is 0 Å². The maximum Gasteiger partial charge on any atom is 0.312 e. The third-order valence-electron chi connectivity index (χ3n) is 5.60. The van der Waals surface area contributed by atoms with Gasteiger partial charge in [-0.25, -0.2) is 8.42 Å². The highest BCUT2D eigenvalue weighted by Crippen LogP contribution is 2.32. The molecule has 3 rings (SSSR count). The Morgan fingerprint density at radius 3 is 2.55 bits per heavy atom. The summed E-state index contributed by atoms with van der Waals surface area (Å²) in [6.07, 6.45) is 5.38. The smallest absolute Gasteiger partial charge is 0.312 e. The quantitative estimate of drug-likeness (QED) is 0.490. The summed E-state index contributed by atoms with van der Waals surface area (Å²) in [5.41, 5.74) is -0.455. The van der Waals surface area contributed by atoms with Gasteiger partial charge in [0.05, 0.1) is 9.82 Å². The maximum atomic E-state index is 12.7. The van der Waals surface area contributed by atoms with E-state index in [9.17, 15) is 23.3 Å². The monoisotopic (exact) mass is 425 g/mol. The number of amides is 1. The second kappa shape index (κ2) is 9.08. The minimum Gasteiger partial charge on any atom is -0.477 e. The van der Waals surface area contributed by atoms with E-state index in [1.54, 1.807) is 4.90 Å². The number of nitro benzene ring substituents is 1. The second-order valence-corrected chi connectivity index (χ2v) is 9.37. The molecular formula is C19H27N3O6S. The van der Waals surface area contributed by atoms with Crippen LogP contribution in [-0.4, -0.2) is 60.7 Å². The SMILES string of the molecule is CC[C@H]1CCCCN1C(=O)COc1ccc(S(=O)(=O)N2CCCC2)cc1[N+](=O)[O-]. The van der Waals surface area contributed by atoms with Gasteiger partial charge in [0.25, 0.3) is 5.91 Å². The first-order valence-electron chi connectivity index (χ1n) is 10.1. The average Bonchev–Trinajstić information content (AvgIpc) is 3.27. The van der Waals surface area contributed by atoms with Gasteiger partial charge in [0.2, 0.25) is 10.0 Å². The summed E-state index contributed by atoms with van der Waals surface area (Å²) in [5.74, 6) is -0.312. The number of nitrogens with zero attached hydrogens (tertiary/aromatic N) is 3. The topological polar surface area (TPSA) is 110 Å². The van der Waals surface area contributed by atoms with Crippen LogP contribution in [0.5, 0.6) is 5.75 Å². The van der Waals surface area contributed by atoms with E-state index in [2.05, 4.69) is 0 Å². The molecule has 1 aromatic carbocycles. The van der Waals surface area contributed by atoms with Crippen LogP contribution in [-0.2, 0) is 14.8 Å². The summed E-state index contributed by atoms with van der Waals surface area (Å²) in [7, 11) is -3.77. The first kappa shape index (κ1) is 21.5. The van der Waals surface area contributed by atoms with Crippen molar-refractivity contribution in [3.8, 4) is 5.75 Å². The third-order valence-corrected chi connectivity index (χ3v) is 7.49. The molecule has 0 saturated carbocycles. The zero-order valence-electron chi connectivity index (χ0n) is 16.6. The fourth-order valence-electron chi connectivity index (χ4n) is 3.98. The normalized spacial score (nSPS) is 20.6. The standard InChI is InChI=1S/C19H27N3O6S/c1-2-15-7-3-4-12-21(15)19(23)14-28-18-9-8-16(13-17(18)22(24)25)29(26,27)20-10-5-6-11-20/h8-9,13,15H,2-7,10-12,14H2,1H3/t15-/m0/s1. The number of rotatable bonds is 7. The van der Waals surface area contributed by atoms with E-state index in [1.807, 2.05) is 6.92 Å². The first-order chi connectivity index (χ1) is 13.8. The van der Waals surface area contributed by atoms with Crippen molar-refractivity contribution in [2.75, 3.05) is 26.2 Å². The minimum absolute atomic E-state index is 0.103. The molecule has 2 saturated heterocycles. The van der Waals surface area contributed by atoms with Gasteiger partial charge < -0.3 is 9.64 Å². The molecule has 10 heteroatoms. The number of hydrogen-bond donors (Lipinski definition) is 0. The van der Waals surface area contributed by atoms with Crippen LogP contribution >= 0.6 is 0 Å². The molecule has 1 aromatic rings. The lowest BCUT2D eigenvalue weighted by molar-refractivity contribution is -0.386. The van der Waals surface area contributed by atoms with Crippen LogP contribution in [0, 0.1) is 10.1 Å². The van der Waals surface area contributed by atoms with Crippen LogP contribution in [0.4, 0.5) is 5.69 Å². The number of nitro groups is 1. The van der Waals surface area contributed by atoms with Gasteiger partial charge in [-0.3, -0.25) is 14.9 Å². The van der Waals surface area contributed by atoms with Gasteiger partial charge in [0.1, 0.15) is 0 Å². The Morgan fingerprint density at radius 1 is 1.21 bits per heavy atom. The molecule has 0 bridgehead atoms. The second-order valence-electron chi connectivity index (χ2n) is 7.43. The van der Waals surface area contributed by atoms with Crippen molar-refractivity contribution >= 4 is 21.6 Å². The molecule has 2 aliphatic rings. The summed E-state index contributed by atoms with van der Waals surface area (Å²) >= 11 is 0. The molecule has 29 heavy (non-hydrogen) atoms. The summed E-state index contributed by atoms with van der Waals surface area (Å²) in [6.45, 7) is 3.21. The average molecular weight is 426 g/mol. The largest absolute Gasteiger partial charge is 0.477 e. The Morgan fingerprint density at radius 2 is 1.90 bits per heavy atom. The van der Waals surface area contributed by atoms with Gasteiger partial charge in [-0.15, -0.1) is 0 Å². The number of hydrogen-bond acceptors (Lipinski definition) is 6. The summed E-state index contributed by atoms with van der Waals surface area (Å²) in [6, 6.07) is 3.75. The van der Waals surface area contributed by atoms with Gasteiger partial charge in [-0.2, -0.15) is 4.31 Å². The number of benzene rings is 1. The van der Waals surface area contributed by atoms with Gasteiger partial charge in [-0.05, 0) is 50.7 Å². The maximum absolute atomic E-state index is 12.7. The van der Waals surface area contributed by atoms with Gasteiger partial charge in [0.15, 0.2) is 12.4 Å². The number of piperidine rings is 1. The van der Waals surface area contributed by atoms with Crippen LogP contribution in [0.2, 0.25) is 0 Å². The molecule has 0 aromatic heterocycles. The molecule has 0 unspecified atom stereocenters. The molecule has 1 amide bonds. The van der Waals surface area contributed by atoms with Gasteiger partial charge in [0, 0.05) is 31.7 Å². The van der Waals surface area contributed by atoms with E-state index in [1.165, 1.54) is 16.4 Å². The Balaban J connectivity index is 1.75. The van der Waals surface area contributed by atoms with Gasteiger partial charge in [-0.1, -0.05) is 6.92 Å². The lowest BCUT2D eigenvalue weighted by Gasteiger charge is -2.35. The fourth-order valence-corrected chi connectivity index (χ4v) is 5.51. The van der Waals surface area contributed by atoms with E-state index in [4.69, 9.17) is 4.74 Å². The molecule has 2 heterocycles. The van der Waals surface area contributed by atoms with Crippen molar-refractivity contribution in [2.24, 2.45) is 0 Å². The zero-order valence-corrected chi connectivity index (χ0v) is 17.4. The number of likely N-dealkylation sites (tertiary alicyclic amines) is 1. The number of sulfonamides is 1. The lowest BCUT2D eigenvalue weighted by atomic mass is 10.00. The number of carbonyl (C=O) groups excluding carboxylic acids is 1. The molecule has 9 nitrogen and oxygen atoms in total. The van der Waals surface area contributed by atoms with Crippen LogP contribution < -0.4 is 4.74 Å². The highest BCUT2D eigenvalue weighted by Gasteiger charge is 2.30. The molecule has 2 fully saturated rings. The predicted octanol–water partition coefficient (Wildman–Crippen LogP) is 2.55. The van der Waals surface area contributed by atoms with Crippen molar-refractivity contribution in [1.29, 1.82) is 0 Å². The van der Waals surface area contributed by atoms with Crippen LogP contribution in [0.3, 0.4) is 0 Å². The number of carbonyl (C=O) groups is 1. The summed E-state index contributed by atoms with van der Waals surface area (Å²) in [4.78, 5) is 25.0. The third kappa shape index (κ3) is 4.69. The minimum atomic E-state index is -3.77. The lowest BCUT2D eigenvalue weighted by Crippen LogP contribution is -2.45. The van der Waals surface area contributed by atoms with Gasteiger partial charge >= 0.3 is 5.69 Å². The van der Waals surface area contributed by atoms with E-state index in [0.717, 1.165) is 44.6 Å². The molecule has 0 N–H and O–H groups in total. The first-order valence-corrected chi connectivity index (χ1v) is 11.5. The van der Waals surface area contributed by atoms with Crippen molar-refractivity contribution in [1.82, 2.24) is 9.21 Å². The molecule has 1 atom stereocenters. The Hall–Kier alpha value is -2.20. The molecule has 0 spiro atoms. The van der Waals surface area contributed by atoms with Crippen molar-refractivity contribution in [2.45, 2.75) is 56.4 Å². The summed E-state index contributed by atoms with van der Waals surface area (Å²) in [5, 5.41) is 11.5. The van der Waals surface area contributed by atoms with E-state index in [0.29, 0.717) is 19.6 Å². The molecule has 2 aliphatic heterocycles. The van der Waals surface area contributed by atoms with Crippen molar-refractivity contribution < 1.29 is 22.9 Å². The summed E-state index contributed by atoms with van der Waals surface area (Å²) < 4.78 is 32.1. The highest BCUT2D eigenvalue weighted by atomic mass is 32.2. The molecular weight excluding hydrogens is 398 g/mol. The van der Waals surface area contributed by atoms with E-state index in [-0.39, 0.29) is 29.2 Å². The Labute approximate surface area is 170 Å². The number of ether oxygens (including phenoxy) is 1. The van der Waals surface area contributed by atoms with E-state index >= 15 is 0 Å². The fraction of sp³-hybridized carbons (Fsp3) is 0.632.